The zero-order chi connectivity index (χ0) is 10.1. The van der Waals surface area contributed by atoms with Crippen molar-refractivity contribution in [3.63, 3.8) is 0 Å². The summed E-state index contributed by atoms with van der Waals surface area (Å²) in [6.45, 7) is 0.440. The fourth-order valence-corrected chi connectivity index (χ4v) is 2.18. The van der Waals surface area contributed by atoms with Gasteiger partial charge in [0.1, 0.15) is 0 Å². The van der Waals surface area contributed by atoms with Crippen LogP contribution in [-0.4, -0.2) is 46.3 Å². The van der Waals surface area contributed by atoms with Crippen molar-refractivity contribution in [1.82, 2.24) is 4.90 Å². The summed E-state index contributed by atoms with van der Waals surface area (Å²) < 4.78 is 0. The van der Waals surface area contributed by atoms with E-state index in [1.54, 1.807) is 12.1 Å². The normalized spacial score (nSPS) is 26.9. The lowest BCUT2D eigenvalue weighted by molar-refractivity contribution is 0.0572. The molecule has 1 saturated heterocycles. The Bertz CT molecular complexity index is 315. The first-order valence-electron chi connectivity index (χ1n) is 4.37. The highest BCUT2D eigenvalue weighted by atomic mass is 32.1. The molecule has 76 valence electrons. The van der Waals surface area contributed by atoms with Gasteiger partial charge in [-0.2, -0.15) is 0 Å². The molecule has 1 aliphatic heterocycles. The number of aliphatic hydroxyl groups is 2. The maximum Gasteiger partial charge on any atom is 0.264 e. The Morgan fingerprint density at radius 3 is 2.57 bits per heavy atom. The van der Waals surface area contributed by atoms with Crippen molar-refractivity contribution in [2.45, 2.75) is 12.2 Å². The van der Waals surface area contributed by atoms with Gasteiger partial charge in [-0.05, 0) is 11.4 Å². The van der Waals surface area contributed by atoms with Crippen LogP contribution in [0.3, 0.4) is 0 Å². The number of aliphatic hydroxyl groups excluding tert-OH is 2. The van der Waals surface area contributed by atoms with Gasteiger partial charge in [-0.1, -0.05) is 6.07 Å². The highest BCUT2D eigenvalue weighted by Crippen LogP contribution is 2.17. The van der Waals surface area contributed by atoms with Gasteiger partial charge in [-0.15, -0.1) is 11.3 Å². The van der Waals surface area contributed by atoms with Gasteiger partial charge < -0.3 is 15.1 Å². The maximum absolute atomic E-state index is 11.7. The first-order valence-corrected chi connectivity index (χ1v) is 5.25. The number of thiophene rings is 1. The molecule has 0 aliphatic carbocycles. The molecule has 1 amide bonds. The number of hydrogen-bond acceptors (Lipinski definition) is 4. The Kier molecular flexibility index (Phi) is 2.54. The summed E-state index contributed by atoms with van der Waals surface area (Å²) in [5.41, 5.74) is 0. The van der Waals surface area contributed by atoms with Gasteiger partial charge in [0, 0.05) is 13.1 Å². The molecule has 1 aliphatic rings. The second-order valence-corrected chi connectivity index (χ2v) is 4.27. The van der Waals surface area contributed by atoms with Crippen molar-refractivity contribution in [3.05, 3.63) is 22.4 Å². The summed E-state index contributed by atoms with van der Waals surface area (Å²) in [6.07, 6.45) is -1.61. The Labute approximate surface area is 85.4 Å². The molecule has 2 unspecified atom stereocenters. The van der Waals surface area contributed by atoms with E-state index in [1.807, 2.05) is 5.38 Å². The third kappa shape index (κ3) is 1.66. The van der Waals surface area contributed by atoms with Gasteiger partial charge in [0.15, 0.2) is 0 Å². The average Bonchev–Trinajstić information content (AvgIpc) is 2.76. The van der Waals surface area contributed by atoms with Gasteiger partial charge in [0.05, 0.1) is 17.1 Å². The minimum atomic E-state index is -0.807. The summed E-state index contributed by atoms with van der Waals surface area (Å²) in [6, 6.07) is 3.55. The fourth-order valence-electron chi connectivity index (χ4n) is 1.49. The van der Waals surface area contributed by atoms with Crippen LogP contribution < -0.4 is 0 Å². The van der Waals surface area contributed by atoms with Crippen LogP contribution in [0.1, 0.15) is 9.67 Å². The Balaban J connectivity index is 2.07. The molecule has 2 heterocycles. The van der Waals surface area contributed by atoms with E-state index in [-0.39, 0.29) is 19.0 Å². The predicted molar refractivity (Wildman–Crippen MR) is 52.2 cm³/mol. The lowest BCUT2D eigenvalue weighted by Gasteiger charge is -2.13. The van der Waals surface area contributed by atoms with Gasteiger partial charge in [-0.3, -0.25) is 4.79 Å². The number of β-amino-alcohol motifs (C(OH)–C–C–N with tert-alkyl or cyclic N) is 2. The molecule has 4 nitrogen and oxygen atoms in total. The molecule has 1 aromatic heterocycles. The molecule has 0 radical (unpaired) electrons. The van der Waals surface area contributed by atoms with Gasteiger partial charge in [-0.25, -0.2) is 0 Å². The smallest absolute Gasteiger partial charge is 0.264 e. The number of nitrogens with zero attached hydrogens (tertiary/aromatic N) is 1. The van der Waals surface area contributed by atoms with E-state index >= 15 is 0 Å². The monoisotopic (exact) mass is 213 g/mol. The highest BCUT2D eigenvalue weighted by Gasteiger charge is 2.33. The molecule has 5 heteroatoms. The molecule has 2 rings (SSSR count). The minimum Gasteiger partial charge on any atom is -0.388 e. The molecular weight excluding hydrogens is 202 g/mol. The topological polar surface area (TPSA) is 60.8 Å². The second kappa shape index (κ2) is 3.68. The van der Waals surface area contributed by atoms with Crippen molar-refractivity contribution < 1.29 is 15.0 Å². The zero-order valence-electron chi connectivity index (χ0n) is 7.46. The van der Waals surface area contributed by atoms with E-state index in [0.29, 0.717) is 4.88 Å². The SMILES string of the molecule is O=C(c1cccs1)N1CC(O)C(O)C1. The van der Waals surface area contributed by atoms with Gasteiger partial charge in [0.2, 0.25) is 0 Å². The van der Waals surface area contributed by atoms with Gasteiger partial charge >= 0.3 is 0 Å². The number of carbonyl (C=O) groups excluding carboxylic acids is 1. The van der Waals surface area contributed by atoms with Crippen LogP contribution >= 0.6 is 11.3 Å². The summed E-state index contributed by atoms with van der Waals surface area (Å²) >= 11 is 1.37. The van der Waals surface area contributed by atoms with E-state index in [0.717, 1.165) is 0 Å². The summed E-state index contributed by atoms with van der Waals surface area (Å²) in [5.74, 6) is -0.115. The molecule has 1 fully saturated rings. The number of amides is 1. The third-order valence-electron chi connectivity index (χ3n) is 2.28. The Morgan fingerprint density at radius 1 is 1.43 bits per heavy atom. The van der Waals surface area contributed by atoms with E-state index in [9.17, 15) is 15.0 Å². The first-order chi connectivity index (χ1) is 6.68. The van der Waals surface area contributed by atoms with Crippen molar-refractivity contribution in [1.29, 1.82) is 0 Å². The van der Waals surface area contributed by atoms with E-state index in [1.165, 1.54) is 16.2 Å². The standard InChI is InChI=1S/C9H11NO3S/c11-6-4-10(5-7(6)12)9(13)8-2-1-3-14-8/h1-3,6-7,11-12H,4-5H2. The van der Waals surface area contributed by atoms with Crippen molar-refractivity contribution >= 4 is 17.2 Å². The Morgan fingerprint density at radius 2 is 2.07 bits per heavy atom. The van der Waals surface area contributed by atoms with Crippen LogP contribution in [-0.2, 0) is 0 Å². The van der Waals surface area contributed by atoms with Crippen molar-refractivity contribution in [2.24, 2.45) is 0 Å². The number of hydrogen-bond donors (Lipinski definition) is 2. The predicted octanol–water partition coefficient (Wildman–Crippen LogP) is -0.0743. The third-order valence-corrected chi connectivity index (χ3v) is 3.14. The highest BCUT2D eigenvalue weighted by molar-refractivity contribution is 7.12. The number of likely N-dealkylation sites (tertiary alicyclic amines) is 1. The maximum atomic E-state index is 11.7. The van der Waals surface area contributed by atoms with Crippen LogP contribution in [0.2, 0.25) is 0 Å². The van der Waals surface area contributed by atoms with E-state index < -0.39 is 12.2 Å². The fraction of sp³-hybridized carbons (Fsp3) is 0.444. The summed E-state index contributed by atoms with van der Waals surface area (Å²) in [7, 11) is 0. The second-order valence-electron chi connectivity index (χ2n) is 3.32. The van der Waals surface area contributed by atoms with Crippen molar-refractivity contribution in [2.75, 3.05) is 13.1 Å². The lowest BCUT2D eigenvalue weighted by atomic mass is 10.3. The van der Waals surface area contributed by atoms with Gasteiger partial charge in [0.25, 0.3) is 5.91 Å². The quantitative estimate of drug-likeness (QED) is 0.686. The largest absolute Gasteiger partial charge is 0.388 e. The van der Waals surface area contributed by atoms with Crippen LogP contribution in [0.4, 0.5) is 0 Å². The molecule has 2 N–H and O–H groups in total. The zero-order valence-corrected chi connectivity index (χ0v) is 8.28. The molecule has 0 aromatic carbocycles. The molecule has 14 heavy (non-hydrogen) atoms. The number of rotatable bonds is 1. The summed E-state index contributed by atoms with van der Waals surface area (Å²) in [5, 5.41) is 20.4. The number of carbonyl (C=O) groups is 1. The van der Waals surface area contributed by atoms with E-state index in [4.69, 9.17) is 0 Å². The van der Waals surface area contributed by atoms with Crippen molar-refractivity contribution in [3.8, 4) is 0 Å². The molecule has 0 spiro atoms. The first kappa shape index (κ1) is 9.64. The molecule has 2 atom stereocenters. The lowest BCUT2D eigenvalue weighted by Crippen LogP contribution is -2.29. The Hall–Kier alpha value is -0.910. The van der Waals surface area contributed by atoms with Crippen LogP contribution in [0.5, 0.6) is 0 Å². The van der Waals surface area contributed by atoms with Crippen LogP contribution in [0.15, 0.2) is 17.5 Å². The molecule has 0 bridgehead atoms. The molecule has 1 aromatic rings. The minimum absolute atomic E-state index is 0.115. The molecule has 0 saturated carbocycles. The van der Waals surface area contributed by atoms with E-state index in [2.05, 4.69) is 0 Å². The van der Waals surface area contributed by atoms with Crippen LogP contribution in [0, 0.1) is 0 Å². The summed E-state index contributed by atoms with van der Waals surface area (Å²) in [4.78, 5) is 13.8. The average molecular weight is 213 g/mol. The molecular formula is C9H11NO3S. The van der Waals surface area contributed by atoms with Crippen LogP contribution in [0.25, 0.3) is 0 Å².